The first kappa shape index (κ1) is 18.0. The number of ether oxygens (including phenoxy) is 1. The second-order valence-electron chi connectivity index (χ2n) is 5.23. The lowest BCUT2D eigenvalue weighted by Crippen LogP contribution is -2.27. The molecule has 0 aliphatic rings. The van der Waals surface area contributed by atoms with E-state index in [1.54, 1.807) is 12.1 Å². The Labute approximate surface area is 146 Å². The summed E-state index contributed by atoms with van der Waals surface area (Å²) < 4.78 is 33.9. The quantitative estimate of drug-likeness (QED) is 0.799. The van der Waals surface area contributed by atoms with E-state index < -0.39 is 10.0 Å². The molecule has 0 heterocycles. The molecule has 2 aromatic carbocycles. The van der Waals surface area contributed by atoms with Gasteiger partial charge in [0.05, 0.1) is 7.11 Å². The van der Waals surface area contributed by atoms with Crippen LogP contribution in [0, 0.1) is 0 Å². The van der Waals surface area contributed by atoms with Gasteiger partial charge in [-0.3, -0.25) is 0 Å². The molecule has 2 rings (SSSR count). The Hall–Kier alpha value is -1.37. The van der Waals surface area contributed by atoms with Crippen LogP contribution in [0.1, 0.15) is 31.0 Å². The van der Waals surface area contributed by atoms with E-state index in [0.29, 0.717) is 10.2 Å². The molecule has 124 valence electrons. The van der Waals surface area contributed by atoms with Gasteiger partial charge in [-0.25, -0.2) is 13.1 Å². The molecule has 0 aliphatic carbocycles. The number of hydrogen-bond acceptors (Lipinski definition) is 3. The van der Waals surface area contributed by atoms with Crippen molar-refractivity contribution < 1.29 is 13.2 Å². The monoisotopic (exact) mass is 397 g/mol. The Morgan fingerprint density at radius 3 is 2.39 bits per heavy atom. The highest BCUT2D eigenvalue weighted by Crippen LogP contribution is 2.28. The Balaban J connectivity index is 2.28. The van der Waals surface area contributed by atoms with Crippen molar-refractivity contribution in [2.45, 2.75) is 31.2 Å². The zero-order valence-corrected chi connectivity index (χ0v) is 15.7. The number of rotatable bonds is 6. The van der Waals surface area contributed by atoms with Gasteiger partial charge in [0.25, 0.3) is 0 Å². The molecule has 0 saturated carbocycles. The van der Waals surface area contributed by atoms with Crippen LogP contribution in [0.15, 0.2) is 51.8 Å². The van der Waals surface area contributed by atoms with Crippen LogP contribution in [-0.4, -0.2) is 15.5 Å². The van der Waals surface area contributed by atoms with Gasteiger partial charge in [0.15, 0.2) is 0 Å². The van der Waals surface area contributed by atoms with Crippen molar-refractivity contribution in [3.63, 3.8) is 0 Å². The summed E-state index contributed by atoms with van der Waals surface area (Å²) in [5.74, 6) is 0.314. The molecule has 0 aliphatic heterocycles. The van der Waals surface area contributed by atoms with Crippen LogP contribution in [0.25, 0.3) is 0 Å². The molecular formula is C17H20BrNO3S. The predicted octanol–water partition coefficient (Wildman–Crippen LogP) is 4.06. The average Bonchev–Trinajstić information content (AvgIpc) is 2.54. The molecular weight excluding hydrogens is 378 g/mol. The lowest BCUT2D eigenvalue weighted by molar-refractivity contribution is 0.402. The van der Waals surface area contributed by atoms with E-state index in [2.05, 4.69) is 27.6 Å². The van der Waals surface area contributed by atoms with E-state index in [1.807, 2.05) is 31.2 Å². The van der Waals surface area contributed by atoms with Crippen molar-refractivity contribution in [3.8, 4) is 5.75 Å². The van der Waals surface area contributed by atoms with E-state index in [9.17, 15) is 8.42 Å². The summed E-state index contributed by atoms with van der Waals surface area (Å²) in [6.45, 7) is 3.91. The second-order valence-corrected chi connectivity index (χ2v) is 7.83. The summed E-state index contributed by atoms with van der Waals surface area (Å²) in [6, 6.07) is 12.5. The van der Waals surface area contributed by atoms with E-state index in [1.165, 1.54) is 18.7 Å². The van der Waals surface area contributed by atoms with Crippen molar-refractivity contribution in [2.24, 2.45) is 0 Å². The third-order valence-electron chi connectivity index (χ3n) is 3.64. The first-order chi connectivity index (χ1) is 10.9. The Bertz CT molecular complexity index is 773. The molecule has 1 atom stereocenters. The fourth-order valence-corrected chi connectivity index (χ4v) is 4.21. The van der Waals surface area contributed by atoms with Gasteiger partial charge in [-0.05, 0) is 42.7 Å². The van der Waals surface area contributed by atoms with Crippen molar-refractivity contribution in [1.82, 2.24) is 4.72 Å². The largest absolute Gasteiger partial charge is 0.495 e. The average molecular weight is 398 g/mol. The molecule has 1 N–H and O–H groups in total. The summed E-state index contributed by atoms with van der Waals surface area (Å²) in [6.07, 6.45) is 0.954. The minimum Gasteiger partial charge on any atom is -0.495 e. The molecule has 6 heteroatoms. The van der Waals surface area contributed by atoms with Gasteiger partial charge in [0.1, 0.15) is 10.6 Å². The van der Waals surface area contributed by atoms with Crippen molar-refractivity contribution in [1.29, 1.82) is 0 Å². The van der Waals surface area contributed by atoms with Crippen LogP contribution in [0.5, 0.6) is 5.75 Å². The van der Waals surface area contributed by atoms with Crippen molar-refractivity contribution in [2.75, 3.05) is 7.11 Å². The van der Waals surface area contributed by atoms with Crippen molar-refractivity contribution >= 4 is 26.0 Å². The molecule has 0 fully saturated rings. The molecule has 0 saturated heterocycles. The lowest BCUT2D eigenvalue weighted by atomic mass is 10.1. The fraction of sp³-hybridized carbons (Fsp3) is 0.294. The standard InChI is InChI=1S/C17H20BrNO3S/c1-4-13-5-7-14(8-6-13)12(2)19-23(20,21)17-11-15(18)9-10-16(17)22-3/h5-12,19H,4H2,1-3H3. The van der Waals surface area contributed by atoms with Crippen molar-refractivity contribution in [3.05, 3.63) is 58.1 Å². The number of sulfonamides is 1. The maximum Gasteiger partial charge on any atom is 0.244 e. The fourth-order valence-electron chi connectivity index (χ4n) is 2.27. The first-order valence-electron chi connectivity index (χ1n) is 7.32. The van der Waals surface area contributed by atoms with Gasteiger partial charge >= 0.3 is 0 Å². The SMILES string of the molecule is CCc1ccc(C(C)NS(=O)(=O)c2cc(Br)ccc2OC)cc1. The van der Waals surface area contributed by atoms with Gasteiger partial charge in [-0.2, -0.15) is 0 Å². The highest BCUT2D eigenvalue weighted by molar-refractivity contribution is 9.10. The van der Waals surface area contributed by atoms with E-state index in [4.69, 9.17) is 4.74 Å². The maximum absolute atomic E-state index is 12.7. The number of halogens is 1. The minimum atomic E-state index is -3.69. The Kier molecular flexibility index (Phi) is 5.84. The summed E-state index contributed by atoms with van der Waals surface area (Å²) in [5, 5.41) is 0. The first-order valence-corrected chi connectivity index (χ1v) is 9.59. The number of hydrogen-bond donors (Lipinski definition) is 1. The number of nitrogens with one attached hydrogen (secondary N) is 1. The highest BCUT2D eigenvalue weighted by Gasteiger charge is 2.22. The molecule has 4 nitrogen and oxygen atoms in total. The summed E-state index contributed by atoms with van der Waals surface area (Å²) >= 11 is 3.30. The van der Waals surface area contributed by atoms with Gasteiger partial charge in [-0.1, -0.05) is 47.1 Å². The zero-order chi connectivity index (χ0) is 17.0. The van der Waals surface area contributed by atoms with Gasteiger partial charge in [0, 0.05) is 10.5 Å². The summed E-state index contributed by atoms with van der Waals surface area (Å²) in [4.78, 5) is 0.117. The predicted molar refractivity (Wildman–Crippen MR) is 95.3 cm³/mol. The van der Waals surface area contributed by atoms with E-state index in [-0.39, 0.29) is 10.9 Å². The molecule has 23 heavy (non-hydrogen) atoms. The summed E-state index contributed by atoms with van der Waals surface area (Å²) in [7, 11) is -2.24. The third-order valence-corrected chi connectivity index (χ3v) is 5.69. The lowest BCUT2D eigenvalue weighted by Gasteiger charge is -2.17. The molecule has 0 spiro atoms. The Morgan fingerprint density at radius 2 is 1.83 bits per heavy atom. The number of aryl methyl sites for hydroxylation is 1. The molecule has 1 unspecified atom stereocenters. The highest BCUT2D eigenvalue weighted by atomic mass is 79.9. The molecule has 0 bridgehead atoms. The van der Waals surface area contributed by atoms with Crippen LogP contribution in [0.2, 0.25) is 0 Å². The number of methoxy groups -OCH3 is 1. The topological polar surface area (TPSA) is 55.4 Å². The third kappa shape index (κ3) is 4.34. The van der Waals surface area contributed by atoms with E-state index >= 15 is 0 Å². The van der Waals surface area contributed by atoms with Crippen LogP contribution in [0.4, 0.5) is 0 Å². The van der Waals surface area contributed by atoms with Crippen LogP contribution in [-0.2, 0) is 16.4 Å². The Morgan fingerprint density at radius 1 is 1.17 bits per heavy atom. The zero-order valence-electron chi connectivity index (χ0n) is 13.3. The summed E-state index contributed by atoms with van der Waals surface area (Å²) in [5.41, 5.74) is 2.14. The van der Waals surface area contributed by atoms with Gasteiger partial charge in [0.2, 0.25) is 10.0 Å². The molecule has 0 amide bonds. The van der Waals surface area contributed by atoms with Gasteiger partial charge in [-0.15, -0.1) is 0 Å². The van der Waals surface area contributed by atoms with Crippen LogP contribution >= 0.6 is 15.9 Å². The number of benzene rings is 2. The molecule has 0 aromatic heterocycles. The van der Waals surface area contributed by atoms with E-state index in [0.717, 1.165) is 12.0 Å². The van der Waals surface area contributed by atoms with Crippen LogP contribution in [0.3, 0.4) is 0 Å². The molecule has 2 aromatic rings. The molecule has 0 radical (unpaired) electrons. The van der Waals surface area contributed by atoms with Crippen LogP contribution < -0.4 is 9.46 Å². The normalized spacial score (nSPS) is 12.9. The van der Waals surface area contributed by atoms with Gasteiger partial charge < -0.3 is 4.74 Å². The smallest absolute Gasteiger partial charge is 0.244 e. The minimum absolute atomic E-state index is 0.117. The maximum atomic E-state index is 12.7. The second kappa shape index (κ2) is 7.47.